The number of rotatable bonds is 3. The van der Waals surface area contributed by atoms with E-state index in [1.54, 1.807) is 4.90 Å². The van der Waals surface area contributed by atoms with Crippen molar-refractivity contribution in [3.63, 3.8) is 0 Å². The molecule has 0 saturated carbocycles. The first-order chi connectivity index (χ1) is 9.65. The lowest BCUT2D eigenvalue weighted by Crippen LogP contribution is -2.30. The summed E-state index contributed by atoms with van der Waals surface area (Å²) < 4.78 is 2.19. The summed E-state index contributed by atoms with van der Waals surface area (Å²) in [7, 11) is 0. The van der Waals surface area contributed by atoms with Gasteiger partial charge in [0.2, 0.25) is 5.91 Å². The predicted molar refractivity (Wildman–Crippen MR) is 78.5 cm³/mol. The number of nitrogens with zero attached hydrogens (tertiary/aromatic N) is 2. The fourth-order valence-corrected chi connectivity index (χ4v) is 2.98. The number of aryl methyl sites for hydroxylation is 2. The molecule has 1 fully saturated rings. The van der Waals surface area contributed by atoms with Crippen LogP contribution in [0.1, 0.15) is 18.5 Å². The molecule has 0 unspecified atom stereocenters. The Bertz CT molecular complexity index is 632. The van der Waals surface area contributed by atoms with Crippen molar-refractivity contribution in [1.29, 1.82) is 0 Å². The first-order valence-electron chi connectivity index (χ1n) is 7.16. The first kappa shape index (κ1) is 13.2. The molecule has 106 valence electrons. The lowest BCUT2D eigenvalue weighted by molar-refractivity contribution is -0.130. The van der Waals surface area contributed by atoms with Crippen LogP contribution in [0.15, 0.2) is 30.3 Å². The van der Waals surface area contributed by atoms with Crippen LogP contribution < -0.4 is 0 Å². The van der Waals surface area contributed by atoms with E-state index < -0.39 is 0 Å². The van der Waals surface area contributed by atoms with Gasteiger partial charge in [-0.15, -0.1) is 0 Å². The number of carbonyl (C=O) groups excluding carboxylic acids is 1. The van der Waals surface area contributed by atoms with Crippen LogP contribution in [-0.4, -0.2) is 39.7 Å². The Morgan fingerprint density at radius 2 is 2.20 bits per heavy atom. The highest BCUT2D eigenvalue weighted by molar-refractivity contribution is 5.82. The zero-order chi connectivity index (χ0) is 14.1. The van der Waals surface area contributed by atoms with Crippen LogP contribution in [-0.2, 0) is 11.3 Å². The highest BCUT2D eigenvalue weighted by Crippen LogP contribution is 2.20. The van der Waals surface area contributed by atoms with Gasteiger partial charge in [-0.1, -0.05) is 18.2 Å². The minimum atomic E-state index is -0.340. The summed E-state index contributed by atoms with van der Waals surface area (Å²) in [6, 6.07) is 10.4. The van der Waals surface area contributed by atoms with Crippen molar-refractivity contribution < 1.29 is 9.90 Å². The van der Waals surface area contributed by atoms with E-state index in [4.69, 9.17) is 0 Å². The maximum Gasteiger partial charge on any atom is 0.224 e. The number of para-hydroxylation sites is 1. The van der Waals surface area contributed by atoms with Crippen LogP contribution >= 0.6 is 0 Å². The lowest BCUT2D eigenvalue weighted by Gasteiger charge is -2.16. The summed E-state index contributed by atoms with van der Waals surface area (Å²) in [5.74, 6) is 0.138. The van der Waals surface area contributed by atoms with Gasteiger partial charge in [-0.25, -0.2) is 0 Å². The molecule has 1 atom stereocenters. The monoisotopic (exact) mass is 272 g/mol. The number of hydrogen-bond acceptors (Lipinski definition) is 2. The molecule has 4 heteroatoms. The molecule has 0 aliphatic carbocycles. The number of hydrogen-bond donors (Lipinski definition) is 1. The molecule has 1 N–H and O–H groups in total. The standard InChI is InChI=1S/C16H20N2O2/c1-12-10-13-4-2-3-5-15(13)18(12)9-7-16(20)17-8-6-14(19)11-17/h2-5,10,14,19H,6-9,11H2,1H3/t14-/m1/s1. The zero-order valence-corrected chi connectivity index (χ0v) is 11.7. The maximum atomic E-state index is 12.1. The minimum Gasteiger partial charge on any atom is -0.391 e. The molecule has 2 aromatic rings. The third-order valence-corrected chi connectivity index (χ3v) is 4.08. The van der Waals surface area contributed by atoms with Gasteiger partial charge < -0.3 is 14.6 Å². The molecule has 1 aromatic heterocycles. The van der Waals surface area contributed by atoms with Gasteiger partial charge in [0.15, 0.2) is 0 Å². The van der Waals surface area contributed by atoms with E-state index in [-0.39, 0.29) is 12.0 Å². The van der Waals surface area contributed by atoms with Crippen molar-refractivity contribution in [2.75, 3.05) is 13.1 Å². The Balaban J connectivity index is 1.71. The van der Waals surface area contributed by atoms with Gasteiger partial charge in [0.05, 0.1) is 6.10 Å². The van der Waals surface area contributed by atoms with Crippen LogP contribution in [0.25, 0.3) is 10.9 Å². The maximum absolute atomic E-state index is 12.1. The SMILES string of the molecule is Cc1cc2ccccc2n1CCC(=O)N1CC[C@@H](O)C1. The molecule has 2 heterocycles. The number of likely N-dealkylation sites (tertiary alicyclic amines) is 1. The molecule has 1 saturated heterocycles. The van der Waals surface area contributed by atoms with E-state index in [2.05, 4.69) is 29.7 Å². The van der Waals surface area contributed by atoms with E-state index in [1.165, 1.54) is 16.6 Å². The second-order valence-electron chi connectivity index (χ2n) is 5.53. The van der Waals surface area contributed by atoms with Crippen LogP contribution in [0.3, 0.4) is 0 Å². The van der Waals surface area contributed by atoms with Crippen molar-refractivity contribution in [1.82, 2.24) is 9.47 Å². The molecular weight excluding hydrogens is 252 g/mol. The van der Waals surface area contributed by atoms with Crippen molar-refractivity contribution >= 4 is 16.8 Å². The molecule has 20 heavy (non-hydrogen) atoms. The third kappa shape index (κ3) is 2.43. The van der Waals surface area contributed by atoms with Crippen LogP contribution in [0.2, 0.25) is 0 Å². The fraction of sp³-hybridized carbons (Fsp3) is 0.438. The van der Waals surface area contributed by atoms with E-state index in [1.807, 2.05) is 12.1 Å². The Kier molecular flexibility index (Phi) is 3.49. The van der Waals surface area contributed by atoms with Crippen LogP contribution in [0, 0.1) is 6.92 Å². The number of aliphatic hydroxyl groups is 1. The number of aromatic nitrogens is 1. The average Bonchev–Trinajstić information content (AvgIpc) is 2.99. The van der Waals surface area contributed by atoms with Crippen molar-refractivity contribution in [2.45, 2.75) is 32.4 Å². The van der Waals surface area contributed by atoms with Gasteiger partial charge >= 0.3 is 0 Å². The number of amides is 1. The summed E-state index contributed by atoms with van der Waals surface area (Å²) in [6.45, 7) is 3.95. The lowest BCUT2D eigenvalue weighted by atomic mass is 10.2. The molecular formula is C16H20N2O2. The second kappa shape index (κ2) is 5.29. The van der Waals surface area contributed by atoms with E-state index in [9.17, 15) is 9.90 Å². The molecule has 1 aromatic carbocycles. The average molecular weight is 272 g/mol. The van der Waals surface area contributed by atoms with Crippen LogP contribution in [0.4, 0.5) is 0 Å². The summed E-state index contributed by atoms with van der Waals surface area (Å²) in [6.07, 6.45) is 0.858. The van der Waals surface area contributed by atoms with Gasteiger partial charge in [0, 0.05) is 37.3 Å². The van der Waals surface area contributed by atoms with Gasteiger partial charge in [-0.05, 0) is 30.9 Å². The molecule has 0 spiro atoms. The Labute approximate surface area is 118 Å². The molecule has 4 nitrogen and oxygen atoms in total. The van der Waals surface area contributed by atoms with Crippen molar-refractivity contribution in [3.8, 4) is 0 Å². The van der Waals surface area contributed by atoms with Crippen molar-refractivity contribution in [2.24, 2.45) is 0 Å². The van der Waals surface area contributed by atoms with E-state index >= 15 is 0 Å². The predicted octanol–water partition coefficient (Wildman–Crippen LogP) is 1.93. The number of benzene rings is 1. The molecule has 1 aliphatic heterocycles. The van der Waals surface area contributed by atoms with Gasteiger partial charge in [-0.2, -0.15) is 0 Å². The Morgan fingerprint density at radius 1 is 1.40 bits per heavy atom. The van der Waals surface area contributed by atoms with Gasteiger partial charge in [0.25, 0.3) is 0 Å². The highest BCUT2D eigenvalue weighted by Gasteiger charge is 2.24. The summed E-state index contributed by atoms with van der Waals surface area (Å²) in [5.41, 5.74) is 2.36. The normalized spacial score (nSPS) is 18.9. The Hall–Kier alpha value is -1.81. The molecule has 3 rings (SSSR count). The summed E-state index contributed by atoms with van der Waals surface area (Å²) in [4.78, 5) is 13.9. The van der Waals surface area contributed by atoms with E-state index in [0.717, 1.165) is 0 Å². The first-order valence-corrected chi connectivity index (χ1v) is 7.16. The zero-order valence-electron chi connectivity index (χ0n) is 11.7. The second-order valence-corrected chi connectivity index (χ2v) is 5.53. The minimum absolute atomic E-state index is 0.138. The molecule has 1 aliphatic rings. The Morgan fingerprint density at radius 3 is 2.95 bits per heavy atom. The third-order valence-electron chi connectivity index (χ3n) is 4.08. The summed E-state index contributed by atoms with van der Waals surface area (Å²) in [5, 5.41) is 10.7. The fourth-order valence-electron chi connectivity index (χ4n) is 2.98. The quantitative estimate of drug-likeness (QED) is 0.928. The largest absolute Gasteiger partial charge is 0.391 e. The molecule has 0 radical (unpaired) electrons. The van der Waals surface area contributed by atoms with E-state index in [0.29, 0.717) is 32.5 Å². The molecule has 1 amide bonds. The number of β-amino-alcohol motifs (C(OH)–C–C–N with tert-alkyl or cyclic N) is 1. The molecule has 0 bridgehead atoms. The van der Waals surface area contributed by atoms with Crippen LogP contribution in [0.5, 0.6) is 0 Å². The summed E-state index contributed by atoms with van der Waals surface area (Å²) >= 11 is 0. The van der Waals surface area contributed by atoms with Gasteiger partial charge in [-0.3, -0.25) is 4.79 Å². The number of aliphatic hydroxyl groups excluding tert-OH is 1. The highest BCUT2D eigenvalue weighted by atomic mass is 16.3. The number of fused-ring (bicyclic) bond motifs is 1. The topological polar surface area (TPSA) is 45.5 Å². The van der Waals surface area contributed by atoms with Crippen molar-refractivity contribution in [3.05, 3.63) is 36.0 Å². The smallest absolute Gasteiger partial charge is 0.224 e. The number of carbonyl (C=O) groups is 1. The van der Waals surface area contributed by atoms with Gasteiger partial charge in [0.1, 0.15) is 0 Å².